The van der Waals surface area contributed by atoms with Crippen molar-refractivity contribution in [1.82, 2.24) is 4.90 Å². The zero-order valence-corrected chi connectivity index (χ0v) is 15.3. The maximum Gasteiger partial charge on any atom is 0.305 e. The van der Waals surface area contributed by atoms with Crippen molar-refractivity contribution in [2.24, 2.45) is 5.92 Å². The van der Waals surface area contributed by atoms with E-state index in [4.69, 9.17) is 14.6 Å². The summed E-state index contributed by atoms with van der Waals surface area (Å²) >= 11 is 1.71. The minimum Gasteiger partial charge on any atom is -0.497 e. The first-order valence-electron chi connectivity index (χ1n) is 8.37. The summed E-state index contributed by atoms with van der Waals surface area (Å²) in [5.74, 6) is 2.29. The number of hydrogen-bond acceptors (Lipinski definition) is 5. The molecular weight excluding hydrogens is 342 g/mol. The summed E-state index contributed by atoms with van der Waals surface area (Å²) < 4.78 is 10.7. The highest BCUT2D eigenvalue weighted by molar-refractivity contribution is 7.99. The number of thioether (sulfide) groups is 1. The summed E-state index contributed by atoms with van der Waals surface area (Å²) in [5.41, 5.74) is 0.987. The molecule has 1 amide bonds. The Bertz CT molecular complexity index is 665. The van der Waals surface area contributed by atoms with Crippen LogP contribution in [0.5, 0.6) is 11.5 Å². The molecule has 1 N–H and O–H groups in total. The molecule has 1 aromatic carbocycles. The van der Waals surface area contributed by atoms with Crippen LogP contribution in [0.2, 0.25) is 0 Å². The summed E-state index contributed by atoms with van der Waals surface area (Å²) in [6, 6.07) is 5.42. The van der Waals surface area contributed by atoms with Crippen molar-refractivity contribution in [2.75, 3.05) is 32.3 Å². The lowest BCUT2D eigenvalue weighted by molar-refractivity contribution is -0.140. The molecule has 1 saturated carbocycles. The van der Waals surface area contributed by atoms with E-state index >= 15 is 0 Å². The molecule has 1 aliphatic heterocycles. The third-order valence-corrected chi connectivity index (χ3v) is 5.96. The number of carbonyl (C=O) groups is 2. The fourth-order valence-corrected chi connectivity index (χ4v) is 4.53. The van der Waals surface area contributed by atoms with Gasteiger partial charge in [0.15, 0.2) is 0 Å². The van der Waals surface area contributed by atoms with Gasteiger partial charge in [0, 0.05) is 35.4 Å². The van der Waals surface area contributed by atoms with E-state index in [-0.39, 0.29) is 30.2 Å². The smallest absolute Gasteiger partial charge is 0.305 e. The van der Waals surface area contributed by atoms with Crippen molar-refractivity contribution in [3.05, 3.63) is 23.8 Å². The number of amides is 1. The van der Waals surface area contributed by atoms with Crippen LogP contribution in [0.3, 0.4) is 0 Å². The molecule has 0 bridgehead atoms. The fourth-order valence-electron chi connectivity index (χ4n) is 3.47. The number of methoxy groups -OCH3 is 2. The van der Waals surface area contributed by atoms with Crippen LogP contribution in [-0.2, 0) is 9.59 Å². The van der Waals surface area contributed by atoms with Crippen molar-refractivity contribution in [2.45, 2.75) is 24.8 Å². The summed E-state index contributed by atoms with van der Waals surface area (Å²) in [4.78, 5) is 25.8. The van der Waals surface area contributed by atoms with Crippen LogP contribution in [0.4, 0.5) is 0 Å². The third kappa shape index (κ3) is 3.86. The van der Waals surface area contributed by atoms with Gasteiger partial charge in [-0.1, -0.05) is 0 Å². The SMILES string of the molecule is COc1ccc(OC)c(C2CC2C(=O)N2CCSCC2CC(=O)O)c1. The number of carboxylic acid groups (broad SMARTS) is 1. The summed E-state index contributed by atoms with van der Waals surface area (Å²) in [6.07, 6.45) is 0.782. The lowest BCUT2D eigenvalue weighted by Crippen LogP contribution is -2.47. The zero-order chi connectivity index (χ0) is 18.0. The number of aliphatic carboxylic acids is 1. The Morgan fingerprint density at radius 1 is 1.32 bits per heavy atom. The second-order valence-electron chi connectivity index (χ2n) is 6.41. The van der Waals surface area contributed by atoms with Gasteiger partial charge in [0.1, 0.15) is 11.5 Å². The molecule has 1 heterocycles. The van der Waals surface area contributed by atoms with Crippen LogP contribution >= 0.6 is 11.8 Å². The van der Waals surface area contributed by atoms with Gasteiger partial charge in [-0.2, -0.15) is 11.8 Å². The average Bonchev–Trinajstić information content (AvgIpc) is 3.41. The molecule has 7 heteroatoms. The summed E-state index contributed by atoms with van der Waals surface area (Å²) in [7, 11) is 3.23. The van der Waals surface area contributed by atoms with Gasteiger partial charge in [-0.15, -0.1) is 0 Å². The Labute approximate surface area is 151 Å². The average molecular weight is 365 g/mol. The van der Waals surface area contributed by atoms with Gasteiger partial charge in [0.05, 0.1) is 26.7 Å². The topological polar surface area (TPSA) is 76.1 Å². The monoisotopic (exact) mass is 365 g/mol. The molecule has 2 fully saturated rings. The van der Waals surface area contributed by atoms with E-state index in [2.05, 4.69) is 0 Å². The highest BCUT2D eigenvalue weighted by Crippen LogP contribution is 2.52. The molecule has 3 rings (SSSR count). The largest absolute Gasteiger partial charge is 0.497 e. The summed E-state index contributed by atoms with van der Waals surface area (Å²) in [6.45, 7) is 0.625. The molecule has 2 aliphatic rings. The van der Waals surface area contributed by atoms with Gasteiger partial charge in [-0.3, -0.25) is 9.59 Å². The Balaban J connectivity index is 1.74. The van der Waals surface area contributed by atoms with Crippen molar-refractivity contribution in [3.63, 3.8) is 0 Å². The fraction of sp³-hybridized carbons (Fsp3) is 0.556. The molecule has 3 unspecified atom stereocenters. The highest BCUT2D eigenvalue weighted by atomic mass is 32.2. The first-order chi connectivity index (χ1) is 12.0. The van der Waals surface area contributed by atoms with E-state index in [0.717, 1.165) is 29.2 Å². The molecule has 1 aromatic rings. The van der Waals surface area contributed by atoms with E-state index in [1.54, 1.807) is 30.9 Å². The second kappa shape index (κ2) is 7.56. The number of ether oxygens (including phenoxy) is 2. The first kappa shape index (κ1) is 17.9. The van der Waals surface area contributed by atoms with Gasteiger partial charge in [0.2, 0.25) is 5.91 Å². The molecule has 0 aromatic heterocycles. The molecule has 136 valence electrons. The molecule has 3 atom stereocenters. The number of rotatable bonds is 6. The van der Waals surface area contributed by atoms with E-state index in [0.29, 0.717) is 12.3 Å². The number of carboxylic acids is 1. The molecule has 0 spiro atoms. The molecule has 25 heavy (non-hydrogen) atoms. The lowest BCUT2D eigenvalue weighted by Gasteiger charge is -2.35. The number of nitrogens with zero attached hydrogens (tertiary/aromatic N) is 1. The Morgan fingerprint density at radius 3 is 2.80 bits per heavy atom. The molecular formula is C18H23NO5S. The zero-order valence-electron chi connectivity index (χ0n) is 14.4. The van der Waals surface area contributed by atoms with E-state index in [1.807, 2.05) is 18.2 Å². The predicted octanol–water partition coefficient (Wildman–Crippen LogP) is 2.23. The highest BCUT2D eigenvalue weighted by Gasteiger charge is 2.48. The van der Waals surface area contributed by atoms with Crippen molar-refractivity contribution in [1.29, 1.82) is 0 Å². The molecule has 6 nitrogen and oxygen atoms in total. The normalized spacial score (nSPS) is 25.4. The van der Waals surface area contributed by atoms with Gasteiger partial charge < -0.3 is 19.5 Å². The van der Waals surface area contributed by atoms with Gasteiger partial charge >= 0.3 is 5.97 Å². The first-order valence-corrected chi connectivity index (χ1v) is 9.52. The van der Waals surface area contributed by atoms with E-state index < -0.39 is 5.97 Å². The van der Waals surface area contributed by atoms with E-state index in [9.17, 15) is 9.59 Å². The van der Waals surface area contributed by atoms with Crippen molar-refractivity contribution in [3.8, 4) is 11.5 Å². The van der Waals surface area contributed by atoms with Crippen LogP contribution in [0.15, 0.2) is 18.2 Å². The lowest BCUT2D eigenvalue weighted by atomic mass is 10.1. The van der Waals surface area contributed by atoms with Crippen LogP contribution < -0.4 is 9.47 Å². The Morgan fingerprint density at radius 2 is 2.12 bits per heavy atom. The van der Waals surface area contributed by atoms with Crippen LogP contribution in [-0.4, -0.2) is 60.2 Å². The minimum absolute atomic E-state index is 0.0125. The van der Waals surface area contributed by atoms with Crippen molar-refractivity contribution >= 4 is 23.6 Å². The van der Waals surface area contributed by atoms with Gasteiger partial charge in [-0.25, -0.2) is 0 Å². The van der Waals surface area contributed by atoms with Gasteiger partial charge in [0.25, 0.3) is 0 Å². The number of benzene rings is 1. The second-order valence-corrected chi connectivity index (χ2v) is 7.56. The molecule has 0 radical (unpaired) electrons. The Kier molecular flexibility index (Phi) is 5.42. The maximum absolute atomic E-state index is 12.9. The number of hydrogen-bond donors (Lipinski definition) is 1. The standard InChI is InChI=1S/C18H23NO5S/c1-23-12-3-4-16(24-2)14(8-12)13-9-15(13)18(22)19-5-6-25-10-11(19)7-17(20)21/h3-4,8,11,13,15H,5-7,9-10H2,1-2H3,(H,20,21). The minimum atomic E-state index is -0.855. The van der Waals surface area contributed by atoms with Crippen molar-refractivity contribution < 1.29 is 24.2 Å². The van der Waals surface area contributed by atoms with Gasteiger partial charge in [-0.05, 0) is 24.6 Å². The van der Waals surface area contributed by atoms with Crippen LogP contribution in [0.25, 0.3) is 0 Å². The predicted molar refractivity (Wildman–Crippen MR) is 95.5 cm³/mol. The third-order valence-electron chi connectivity index (χ3n) is 4.86. The Hall–Kier alpha value is -1.89. The van der Waals surface area contributed by atoms with Crippen LogP contribution in [0.1, 0.15) is 24.3 Å². The van der Waals surface area contributed by atoms with E-state index in [1.165, 1.54) is 0 Å². The molecule has 1 aliphatic carbocycles. The summed E-state index contributed by atoms with van der Waals surface area (Å²) in [5, 5.41) is 9.10. The quantitative estimate of drug-likeness (QED) is 0.833. The number of carbonyl (C=O) groups excluding carboxylic acids is 1. The molecule has 1 saturated heterocycles. The van der Waals surface area contributed by atoms with Crippen LogP contribution in [0, 0.1) is 5.92 Å². The maximum atomic E-state index is 12.9.